The van der Waals surface area contributed by atoms with Crippen molar-refractivity contribution in [3.05, 3.63) is 12.7 Å². The Morgan fingerprint density at radius 1 is 1.50 bits per heavy atom. The van der Waals surface area contributed by atoms with Gasteiger partial charge >= 0.3 is 15.3 Å². The molecule has 0 aliphatic heterocycles. The second-order valence-electron chi connectivity index (χ2n) is 2.81. The lowest BCUT2D eigenvalue weighted by molar-refractivity contribution is -0.141. The number of carbonyl (C=O) groups excluding carboxylic acids is 1. The molecule has 0 rings (SSSR count). The largest absolute Gasteiger partial charge is 0.458 e. The van der Waals surface area contributed by atoms with Crippen LogP contribution in [0.3, 0.4) is 0 Å². The van der Waals surface area contributed by atoms with E-state index in [-0.39, 0.29) is 5.73 Å². The summed E-state index contributed by atoms with van der Waals surface area (Å²) in [4.78, 5) is 11.0. The highest BCUT2D eigenvalue weighted by molar-refractivity contribution is 6.46. The van der Waals surface area contributed by atoms with Crippen molar-refractivity contribution in [2.75, 3.05) is 14.2 Å². The van der Waals surface area contributed by atoms with E-state index in [0.717, 1.165) is 18.9 Å². The Kier molecular flexibility index (Phi) is 7.36. The smallest absolute Gasteiger partial charge is 0.363 e. The zero-order valence-electron chi connectivity index (χ0n) is 8.99. The Bertz CT molecular complexity index is 180. The predicted octanol–water partition coefficient (Wildman–Crippen LogP) is 0.937. The molecule has 0 aromatic heterocycles. The van der Waals surface area contributed by atoms with Crippen LogP contribution in [-0.2, 0) is 18.4 Å². The van der Waals surface area contributed by atoms with E-state index >= 15 is 0 Å². The fraction of sp³-hybridized carbons (Fsp3) is 0.667. The summed E-state index contributed by atoms with van der Waals surface area (Å²) in [5.74, 6) is -0.421. The lowest BCUT2D eigenvalue weighted by Crippen LogP contribution is -2.38. The van der Waals surface area contributed by atoms with E-state index in [1.54, 1.807) is 14.2 Å². The Balaban J connectivity index is 4.24. The van der Waals surface area contributed by atoms with Gasteiger partial charge in [0.15, 0.2) is 0 Å². The molecule has 0 heterocycles. The van der Waals surface area contributed by atoms with Crippen LogP contribution >= 0.6 is 0 Å². The van der Waals surface area contributed by atoms with Crippen molar-refractivity contribution in [3.8, 4) is 0 Å². The maximum atomic E-state index is 11.0. The number of rotatable bonds is 7. The van der Waals surface area contributed by atoms with Crippen LogP contribution in [0.4, 0.5) is 0 Å². The van der Waals surface area contributed by atoms with Crippen molar-refractivity contribution < 1.29 is 18.4 Å². The Morgan fingerprint density at radius 3 is 2.43 bits per heavy atom. The highest BCUT2D eigenvalue weighted by Gasteiger charge is 2.26. The standard InChI is InChI=1S/C9H18O4Si/c1-5-7-9(13-8(10)6-2)14(11-3)12-4/h6,9,14H,2,5,7H2,1,3-4H3. The predicted molar refractivity (Wildman–Crippen MR) is 56.2 cm³/mol. The van der Waals surface area contributed by atoms with Gasteiger partial charge in [-0.25, -0.2) is 4.79 Å². The zero-order chi connectivity index (χ0) is 11.0. The molecule has 1 atom stereocenters. The van der Waals surface area contributed by atoms with Gasteiger partial charge in [0.05, 0.1) is 0 Å². The van der Waals surface area contributed by atoms with E-state index in [4.69, 9.17) is 13.6 Å². The van der Waals surface area contributed by atoms with Crippen LogP contribution in [-0.4, -0.2) is 35.2 Å². The maximum absolute atomic E-state index is 11.0. The Labute approximate surface area is 86.7 Å². The van der Waals surface area contributed by atoms with E-state index in [0.29, 0.717) is 0 Å². The molecule has 0 aliphatic rings. The molecule has 0 aromatic carbocycles. The van der Waals surface area contributed by atoms with Gasteiger partial charge < -0.3 is 13.6 Å². The first kappa shape index (κ1) is 13.3. The van der Waals surface area contributed by atoms with E-state index in [9.17, 15) is 4.79 Å². The molecule has 4 nitrogen and oxygen atoms in total. The van der Waals surface area contributed by atoms with Crippen LogP contribution in [0, 0.1) is 0 Å². The Hall–Kier alpha value is -0.653. The summed E-state index contributed by atoms with van der Waals surface area (Å²) in [6, 6.07) is 0. The number of hydrogen-bond donors (Lipinski definition) is 0. The molecule has 0 N–H and O–H groups in total. The lowest BCUT2D eigenvalue weighted by atomic mass is 10.3. The molecule has 0 saturated heterocycles. The van der Waals surface area contributed by atoms with Gasteiger partial charge in [0.1, 0.15) is 5.73 Å². The summed E-state index contributed by atoms with van der Waals surface area (Å²) < 4.78 is 15.5. The van der Waals surface area contributed by atoms with E-state index < -0.39 is 15.3 Å². The van der Waals surface area contributed by atoms with Crippen LogP contribution in [0.15, 0.2) is 12.7 Å². The number of esters is 1. The molecule has 0 amide bonds. The van der Waals surface area contributed by atoms with Gasteiger partial charge in [0.25, 0.3) is 0 Å². The molecule has 0 bridgehead atoms. The zero-order valence-corrected chi connectivity index (χ0v) is 10.1. The number of hydrogen-bond acceptors (Lipinski definition) is 4. The molecule has 0 aromatic rings. The van der Waals surface area contributed by atoms with Gasteiger partial charge in [-0.05, 0) is 6.42 Å². The minimum atomic E-state index is -1.89. The molecule has 0 saturated carbocycles. The molecular weight excluding hydrogens is 200 g/mol. The van der Waals surface area contributed by atoms with Crippen LogP contribution < -0.4 is 0 Å². The first-order valence-corrected chi connectivity index (χ1v) is 6.19. The summed E-state index contributed by atoms with van der Waals surface area (Å²) in [5.41, 5.74) is -0.236. The molecule has 1 unspecified atom stereocenters. The SMILES string of the molecule is C=CC(=O)OC(CCC)[SiH](OC)OC. The monoisotopic (exact) mass is 218 g/mol. The molecule has 82 valence electrons. The van der Waals surface area contributed by atoms with Gasteiger partial charge in [0.2, 0.25) is 0 Å². The van der Waals surface area contributed by atoms with Crippen LogP contribution in [0.5, 0.6) is 0 Å². The van der Waals surface area contributed by atoms with Crippen molar-refractivity contribution in [2.24, 2.45) is 0 Å². The molecule has 0 spiro atoms. The maximum Gasteiger partial charge on any atom is 0.363 e. The van der Waals surface area contributed by atoms with Gasteiger partial charge in [-0.2, -0.15) is 0 Å². The number of carbonyl (C=O) groups is 1. The van der Waals surface area contributed by atoms with E-state index in [2.05, 4.69) is 6.58 Å². The summed E-state index contributed by atoms with van der Waals surface area (Å²) in [6.07, 6.45) is 2.84. The van der Waals surface area contributed by atoms with Crippen molar-refractivity contribution in [2.45, 2.75) is 25.5 Å². The minimum absolute atomic E-state index is 0.236. The van der Waals surface area contributed by atoms with Gasteiger partial charge in [-0.15, -0.1) is 0 Å². The van der Waals surface area contributed by atoms with Crippen LogP contribution in [0.25, 0.3) is 0 Å². The second kappa shape index (κ2) is 7.72. The number of ether oxygens (including phenoxy) is 1. The fourth-order valence-corrected chi connectivity index (χ4v) is 2.78. The van der Waals surface area contributed by atoms with Crippen LogP contribution in [0.2, 0.25) is 0 Å². The van der Waals surface area contributed by atoms with E-state index in [1.807, 2.05) is 6.92 Å². The highest BCUT2D eigenvalue weighted by atomic mass is 28.3. The summed E-state index contributed by atoms with van der Waals surface area (Å²) in [6.45, 7) is 5.36. The molecule has 0 radical (unpaired) electrons. The quantitative estimate of drug-likeness (QED) is 0.362. The molecule has 0 aliphatic carbocycles. The molecule has 14 heavy (non-hydrogen) atoms. The van der Waals surface area contributed by atoms with Gasteiger partial charge in [-0.1, -0.05) is 19.9 Å². The molecule has 5 heteroatoms. The summed E-state index contributed by atoms with van der Waals surface area (Å²) >= 11 is 0. The first-order chi connectivity index (χ1) is 6.69. The lowest BCUT2D eigenvalue weighted by Gasteiger charge is -2.21. The van der Waals surface area contributed by atoms with Crippen molar-refractivity contribution in [1.29, 1.82) is 0 Å². The molecule has 0 fully saturated rings. The van der Waals surface area contributed by atoms with Gasteiger partial charge in [0, 0.05) is 20.3 Å². The summed E-state index contributed by atoms with van der Waals surface area (Å²) in [7, 11) is 1.26. The van der Waals surface area contributed by atoms with Crippen molar-refractivity contribution in [1.82, 2.24) is 0 Å². The minimum Gasteiger partial charge on any atom is -0.458 e. The van der Waals surface area contributed by atoms with Crippen molar-refractivity contribution in [3.63, 3.8) is 0 Å². The third-order valence-corrected chi connectivity index (χ3v) is 3.78. The normalized spacial score (nSPS) is 12.6. The summed E-state index contributed by atoms with van der Waals surface area (Å²) in [5, 5.41) is 0. The Morgan fingerprint density at radius 2 is 2.07 bits per heavy atom. The average molecular weight is 218 g/mol. The average Bonchev–Trinajstić information content (AvgIpc) is 2.19. The van der Waals surface area contributed by atoms with Crippen LogP contribution in [0.1, 0.15) is 19.8 Å². The fourth-order valence-electron chi connectivity index (χ4n) is 1.13. The molecular formula is C9H18O4Si. The van der Waals surface area contributed by atoms with E-state index in [1.165, 1.54) is 0 Å². The second-order valence-corrected chi connectivity index (χ2v) is 5.23. The van der Waals surface area contributed by atoms with Gasteiger partial charge in [-0.3, -0.25) is 0 Å². The first-order valence-electron chi connectivity index (χ1n) is 4.58. The third kappa shape index (κ3) is 4.55. The third-order valence-electron chi connectivity index (χ3n) is 1.78. The van der Waals surface area contributed by atoms with Crippen molar-refractivity contribution >= 4 is 15.3 Å². The topological polar surface area (TPSA) is 44.8 Å². The highest BCUT2D eigenvalue weighted by Crippen LogP contribution is 2.08.